The predicted octanol–water partition coefficient (Wildman–Crippen LogP) is 2.68. The summed E-state index contributed by atoms with van der Waals surface area (Å²) in [7, 11) is 0. The van der Waals surface area contributed by atoms with E-state index in [1.54, 1.807) is 6.20 Å². The Kier molecular flexibility index (Phi) is 5.03. The number of aromatic nitrogens is 1. The highest BCUT2D eigenvalue weighted by molar-refractivity contribution is 6.33. The van der Waals surface area contributed by atoms with Crippen molar-refractivity contribution in [3.05, 3.63) is 22.8 Å². The van der Waals surface area contributed by atoms with Crippen LogP contribution in [0.5, 0.6) is 0 Å². The molecule has 0 bridgehead atoms. The van der Waals surface area contributed by atoms with Crippen molar-refractivity contribution in [2.24, 2.45) is 11.7 Å². The molecule has 1 aromatic rings. The lowest BCUT2D eigenvalue weighted by atomic mass is 10.2. The van der Waals surface area contributed by atoms with E-state index in [9.17, 15) is 0 Å². The van der Waals surface area contributed by atoms with Gasteiger partial charge in [-0.3, -0.25) is 0 Å². The van der Waals surface area contributed by atoms with Gasteiger partial charge in [-0.05, 0) is 24.5 Å². The van der Waals surface area contributed by atoms with E-state index in [2.05, 4.69) is 30.7 Å². The average Bonchev–Trinajstić information content (AvgIpc) is 2.25. The first-order valence-electron chi connectivity index (χ1n) is 5.67. The van der Waals surface area contributed by atoms with Gasteiger partial charge < -0.3 is 10.6 Å². The summed E-state index contributed by atoms with van der Waals surface area (Å²) < 4.78 is 0. The second kappa shape index (κ2) is 6.06. The van der Waals surface area contributed by atoms with Gasteiger partial charge in [0.05, 0.1) is 5.02 Å². The highest BCUT2D eigenvalue weighted by Gasteiger charge is 2.12. The van der Waals surface area contributed by atoms with Crippen LogP contribution in [0.25, 0.3) is 0 Å². The van der Waals surface area contributed by atoms with Gasteiger partial charge >= 0.3 is 0 Å². The Hall–Kier alpha value is -0.800. The number of rotatable bonds is 5. The summed E-state index contributed by atoms with van der Waals surface area (Å²) in [5, 5.41) is 0.686. The van der Waals surface area contributed by atoms with Gasteiger partial charge in [0.1, 0.15) is 5.82 Å². The Morgan fingerprint density at radius 3 is 2.62 bits per heavy atom. The van der Waals surface area contributed by atoms with Gasteiger partial charge in [-0.2, -0.15) is 0 Å². The van der Waals surface area contributed by atoms with E-state index < -0.39 is 0 Å². The Morgan fingerprint density at radius 2 is 2.19 bits per heavy atom. The normalized spacial score (nSPS) is 10.9. The maximum atomic E-state index is 6.21. The summed E-state index contributed by atoms with van der Waals surface area (Å²) in [5.74, 6) is 1.45. The van der Waals surface area contributed by atoms with Crippen LogP contribution >= 0.6 is 11.6 Å². The molecule has 1 rings (SSSR count). The lowest BCUT2D eigenvalue weighted by molar-refractivity contribution is 0.614. The zero-order valence-corrected chi connectivity index (χ0v) is 11.0. The molecule has 0 unspecified atom stereocenters. The topological polar surface area (TPSA) is 42.2 Å². The molecule has 16 heavy (non-hydrogen) atoms. The van der Waals surface area contributed by atoms with Gasteiger partial charge in [0.2, 0.25) is 0 Å². The second-order valence-corrected chi connectivity index (χ2v) is 4.69. The van der Waals surface area contributed by atoms with E-state index in [0.717, 1.165) is 24.5 Å². The van der Waals surface area contributed by atoms with Gasteiger partial charge in [-0.25, -0.2) is 4.98 Å². The van der Waals surface area contributed by atoms with Crippen LogP contribution < -0.4 is 10.6 Å². The summed E-state index contributed by atoms with van der Waals surface area (Å²) >= 11 is 6.21. The molecule has 1 aromatic heterocycles. The third kappa shape index (κ3) is 3.35. The number of halogens is 1. The first-order chi connectivity index (χ1) is 7.58. The molecule has 3 nitrogen and oxygen atoms in total. The van der Waals surface area contributed by atoms with E-state index in [1.807, 2.05) is 6.07 Å². The second-order valence-electron chi connectivity index (χ2n) is 4.29. The van der Waals surface area contributed by atoms with Crippen LogP contribution in [0.15, 0.2) is 12.3 Å². The molecule has 0 radical (unpaired) electrons. The quantitative estimate of drug-likeness (QED) is 0.862. The lowest BCUT2D eigenvalue weighted by Gasteiger charge is -2.25. The van der Waals surface area contributed by atoms with Crippen LogP contribution in [0.3, 0.4) is 0 Å². The minimum atomic E-state index is 0.476. The number of nitrogens with two attached hydrogens (primary N) is 1. The van der Waals surface area contributed by atoms with Crippen molar-refractivity contribution in [3.8, 4) is 0 Å². The monoisotopic (exact) mass is 241 g/mol. The average molecular weight is 242 g/mol. The predicted molar refractivity (Wildman–Crippen MR) is 69.9 cm³/mol. The third-order valence-electron chi connectivity index (χ3n) is 2.38. The van der Waals surface area contributed by atoms with Crippen molar-refractivity contribution in [1.82, 2.24) is 4.98 Å². The lowest BCUT2D eigenvalue weighted by Crippen LogP contribution is -2.28. The largest absolute Gasteiger partial charge is 0.355 e. The van der Waals surface area contributed by atoms with Gasteiger partial charge in [0.25, 0.3) is 0 Å². The van der Waals surface area contributed by atoms with Crippen molar-refractivity contribution in [1.29, 1.82) is 0 Å². The SMILES string of the molecule is CCN(CC(C)C)c1ncc(CN)cc1Cl. The highest BCUT2D eigenvalue weighted by atomic mass is 35.5. The fraction of sp³-hybridized carbons (Fsp3) is 0.583. The fourth-order valence-corrected chi connectivity index (χ4v) is 1.93. The first kappa shape index (κ1) is 13.3. The molecule has 0 aliphatic carbocycles. The molecule has 0 aliphatic heterocycles. The molecule has 0 atom stereocenters. The molecule has 1 heterocycles. The van der Waals surface area contributed by atoms with E-state index >= 15 is 0 Å². The minimum Gasteiger partial charge on any atom is -0.355 e. The molecule has 0 aliphatic rings. The Morgan fingerprint density at radius 1 is 1.50 bits per heavy atom. The molecule has 0 saturated heterocycles. The van der Waals surface area contributed by atoms with Gasteiger partial charge in [-0.1, -0.05) is 25.4 Å². The Bertz CT molecular complexity index is 339. The highest BCUT2D eigenvalue weighted by Crippen LogP contribution is 2.24. The van der Waals surface area contributed by atoms with Crippen molar-refractivity contribution < 1.29 is 0 Å². The van der Waals surface area contributed by atoms with Gasteiger partial charge in [-0.15, -0.1) is 0 Å². The number of anilines is 1. The summed E-state index contributed by atoms with van der Waals surface area (Å²) in [4.78, 5) is 6.58. The summed E-state index contributed by atoms with van der Waals surface area (Å²) in [6.45, 7) is 8.83. The number of hydrogen-bond acceptors (Lipinski definition) is 3. The zero-order chi connectivity index (χ0) is 12.1. The molecule has 90 valence electrons. The minimum absolute atomic E-state index is 0.476. The molecule has 0 saturated carbocycles. The summed E-state index contributed by atoms with van der Waals surface area (Å²) in [6, 6.07) is 1.90. The van der Waals surface area contributed by atoms with E-state index in [1.165, 1.54) is 0 Å². The molecule has 4 heteroatoms. The Labute approximate surface area is 103 Å². The summed E-state index contributed by atoms with van der Waals surface area (Å²) in [6.07, 6.45) is 1.80. The van der Waals surface area contributed by atoms with Crippen molar-refractivity contribution in [2.45, 2.75) is 27.3 Å². The maximum absolute atomic E-state index is 6.21. The van der Waals surface area contributed by atoms with Crippen molar-refractivity contribution in [2.75, 3.05) is 18.0 Å². The van der Waals surface area contributed by atoms with E-state index in [0.29, 0.717) is 17.5 Å². The van der Waals surface area contributed by atoms with Gasteiger partial charge in [0, 0.05) is 25.8 Å². The summed E-state index contributed by atoms with van der Waals surface area (Å²) in [5.41, 5.74) is 6.51. The fourth-order valence-electron chi connectivity index (χ4n) is 1.62. The number of pyridine rings is 1. The third-order valence-corrected chi connectivity index (χ3v) is 2.66. The standard InChI is InChI=1S/C12H20ClN3/c1-4-16(8-9(2)3)12-11(13)5-10(6-14)7-15-12/h5,7,9H,4,6,8,14H2,1-3H3. The van der Waals surface area contributed by atoms with E-state index in [-0.39, 0.29) is 0 Å². The molecule has 0 fully saturated rings. The molecule has 0 amide bonds. The van der Waals surface area contributed by atoms with Gasteiger partial charge in [0.15, 0.2) is 0 Å². The van der Waals surface area contributed by atoms with Crippen LogP contribution in [0.2, 0.25) is 5.02 Å². The van der Waals surface area contributed by atoms with Crippen LogP contribution in [-0.2, 0) is 6.54 Å². The zero-order valence-electron chi connectivity index (χ0n) is 10.2. The smallest absolute Gasteiger partial charge is 0.147 e. The first-order valence-corrected chi connectivity index (χ1v) is 6.05. The molecule has 0 aromatic carbocycles. The van der Waals surface area contributed by atoms with E-state index in [4.69, 9.17) is 17.3 Å². The molecular formula is C12H20ClN3. The van der Waals surface area contributed by atoms with Crippen LogP contribution in [0.4, 0.5) is 5.82 Å². The van der Waals surface area contributed by atoms with Crippen molar-refractivity contribution >= 4 is 17.4 Å². The Balaban J connectivity index is 2.92. The van der Waals surface area contributed by atoms with Crippen LogP contribution in [-0.4, -0.2) is 18.1 Å². The molecule has 0 spiro atoms. The number of nitrogens with zero attached hydrogens (tertiary/aromatic N) is 2. The number of hydrogen-bond donors (Lipinski definition) is 1. The maximum Gasteiger partial charge on any atom is 0.147 e. The van der Waals surface area contributed by atoms with Crippen LogP contribution in [0, 0.1) is 5.92 Å². The molecule has 2 N–H and O–H groups in total. The van der Waals surface area contributed by atoms with Crippen LogP contribution in [0.1, 0.15) is 26.3 Å². The van der Waals surface area contributed by atoms with Crippen molar-refractivity contribution in [3.63, 3.8) is 0 Å². The molecular weight excluding hydrogens is 222 g/mol.